The van der Waals surface area contributed by atoms with Crippen molar-refractivity contribution in [2.75, 3.05) is 0 Å². The summed E-state index contributed by atoms with van der Waals surface area (Å²) >= 11 is 0. The minimum absolute atomic E-state index is 0.221. The maximum absolute atomic E-state index is 12.0. The fourth-order valence-corrected chi connectivity index (χ4v) is 2.57. The SMILES string of the molecule is O=C(NC1(C(=O)O)CC1)c1ccc(OC2CCCC2)nc1. The maximum atomic E-state index is 12.0. The first-order chi connectivity index (χ1) is 10.1. The zero-order chi connectivity index (χ0) is 14.9. The number of ether oxygens (including phenoxy) is 1. The molecule has 2 aliphatic carbocycles. The van der Waals surface area contributed by atoms with Crippen molar-refractivity contribution in [2.24, 2.45) is 0 Å². The fraction of sp³-hybridized carbons (Fsp3) is 0.533. The van der Waals surface area contributed by atoms with Crippen molar-refractivity contribution in [3.63, 3.8) is 0 Å². The zero-order valence-corrected chi connectivity index (χ0v) is 11.7. The zero-order valence-electron chi connectivity index (χ0n) is 11.7. The van der Waals surface area contributed by atoms with Crippen molar-refractivity contribution in [3.05, 3.63) is 23.9 Å². The van der Waals surface area contributed by atoms with Crippen LogP contribution in [0.15, 0.2) is 18.3 Å². The lowest BCUT2D eigenvalue weighted by Gasteiger charge is -2.14. The first-order valence-corrected chi connectivity index (χ1v) is 7.28. The van der Waals surface area contributed by atoms with Crippen LogP contribution in [0.25, 0.3) is 0 Å². The van der Waals surface area contributed by atoms with Gasteiger partial charge in [0.25, 0.3) is 5.91 Å². The van der Waals surface area contributed by atoms with Gasteiger partial charge in [-0.15, -0.1) is 0 Å². The number of carbonyl (C=O) groups is 2. The highest BCUT2D eigenvalue weighted by molar-refractivity contribution is 5.98. The molecule has 1 aromatic heterocycles. The molecular formula is C15H18N2O4. The summed E-state index contributed by atoms with van der Waals surface area (Å²) in [5.74, 6) is -0.877. The number of nitrogens with zero attached hydrogens (tertiary/aromatic N) is 1. The Labute approximate surface area is 122 Å². The lowest BCUT2D eigenvalue weighted by molar-refractivity contribution is -0.140. The maximum Gasteiger partial charge on any atom is 0.329 e. The van der Waals surface area contributed by atoms with Crippen molar-refractivity contribution < 1.29 is 19.4 Å². The quantitative estimate of drug-likeness (QED) is 0.862. The predicted molar refractivity (Wildman–Crippen MR) is 74.2 cm³/mol. The van der Waals surface area contributed by atoms with Gasteiger partial charge >= 0.3 is 5.97 Å². The summed E-state index contributed by atoms with van der Waals surface area (Å²) < 4.78 is 5.72. The normalized spacial score (nSPS) is 20.0. The van der Waals surface area contributed by atoms with Crippen LogP contribution in [-0.4, -0.2) is 33.6 Å². The number of carbonyl (C=O) groups excluding carboxylic acids is 1. The molecule has 0 aromatic carbocycles. The Morgan fingerprint density at radius 3 is 2.52 bits per heavy atom. The lowest BCUT2D eigenvalue weighted by Crippen LogP contribution is -2.43. The van der Waals surface area contributed by atoms with Crippen LogP contribution in [0.2, 0.25) is 0 Å². The molecule has 6 nitrogen and oxygen atoms in total. The Kier molecular flexibility index (Phi) is 3.53. The molecule has 2 aliphatic rings. The Morgan fingerprint density at radius 2 is 2.00 bits per heavy atom. The number of rotatable bonds is 5. The highest BCUT2D eigenvalue weighted by Crippen LogP contribution is 2.35. The van der Waals surface area contributed by atoms with Gasteiger partial charge in [-0.3, -0.25) is 4.79 Å². The molecule has 0 aliphatic heterocycles. The van der Waals surface area contributed by atoms with Crippen LogP contribution < -0.4 is 10.1 Å². The molecule has 1 heterocycles. The van der Waals surface area contributed by atoms with E-state index in [1.165, 1.54) is 19.0 Å². The summed E-state index contributed by atoms with van der Waals surface area (Å²) in [6.45, 7) is 0. The van der Waals surface area contributed by atoms with E-state index >= 15 is 0 Å². The first kappa shape index (κ1) is 13.9. The number of aromatic nitrogens is 1. The Bertz CT molecular complexity index is 545. The van der Waals surface area contributed by atoms with Gasteiger partial charge in [0.15, 0.2) is 0 Å². The molecule has 0 unspecified atom stereocenters. The second-order valence-corrected chi connectivity index (χ2v) is 5.75. The smallest absolute Gasteiger partial charge is 0.329 e. The lowest BCUT2D eigenvalue weighted by atomic mass is 10.2. The van der Waals surface area contributed by atoms with Gasteiger partial charge in [-0.2, -0.15) is 0 Å². The second kappa shape index (κ2) is 5.35. The summed E-state index contributed by atoms with van der Waals surface area (Å²) in [5, 5.41) is 11.6. The third-order valence-corrected chi connectivity index (χ3v) is 4.10. The molecule has 1 aromatic rings. The number of hydrogen-bond donors (Lipinski definition) is 2. The van der Waals surface area contributed by atoms with E-state index < -0.39 is 17.4 Å². The fourth-order valence-electron chi connectivity index (χ4n) is 2.57. The van der Waals surface area contributed by atoms with Gasteiger partial charge in [0, 0.05) is 12.3 Å². The Morgan fingerprint density at radius 1 is 1.29 bits per heavy atom. The summed E-state index contributed by atoms with van der Waals surface area (Å²) in [5.41, 5.74) is -0.725. The third kappa shape index (κ3) is 2.99. The molecule has 0 atom stereocenters. The summed E-state index contributed by atoms with van der Waals surface area (Å²) in [4.78, 5) is 27.2. The summed E-state index contributed by atoms with van der Waals surface area (Å²) in [6.07, 6.45) is 7.06. The molecule has 0 bridgehead atoms. The summed E-state index contributed by atoms with van der Waals surface area (Å²) in [7, 11) is 0. The topological polar surface area (TPSA) is 88.5 Å². The molecule has 2 saturated carbocycles. The molecule has 2 fully saturated rings. The summed E-state index contributed by atoms with van der Waals surface area (Å²) in [6, 6.07) is 3.28. The van der Waals surface area contributed by atoms with E-state index in [1.807, 2.05) is 0 Å². The number of pyridine rings is 1. The van der Waals surface area contributed by atoms with Crippen LogP contribution in [0.5, 0.6) is 5.88 Å². The van der Waals surface area contributed by atoms with E-state index in [1.54, 1.807) is 12.1 Å². The van der Waals surface area contributed by atoms with E-state index in [2.05, 4.69) is 10.3 Å². The van der Waals surface area contributed by atoms with E-state index in [-0.39, 0.29) is 6.10 Å². The Hall–Kier alpha value is -2.11. The van der Waals surface area contributed by atoms with E-state index in [0.29, 0.717) is 24.3 Å². The van der Waals surface area contributed by atoms with Crippen LogP contribution in [-0.2, 0) is 4.79 Å². The number of aliphatic carboxylic acids is 1. The van der Waals surface area contributed by atoms with Crippen LogP contribution in [0.1, 0.15) is 48.9 Å². The van der Waals surface area contributed by atoms with Gasteiger partial charge in [-0.1, -0.05) is 0 Å². The molecule has 0 spiro atoms. The monoisotopic (exact) mass is 290 g/mol. The van der Waals surface area contributed by atoms with Crippen molar-refractivity contribution in [1.29, 1.82) is 0 Å². The number of hydrogen-bond acceptors (Lipinski definition) is 4. The van der Waals surface area contributed by atoms with Crippen LogP contribution >= 0.6 is 0 Å². The molecule has 21 heavy (non-hydrogen) atoms. The van der Waals surface area contributed by atoms with Crippen LogP contribution in [0, 0.1) is 0 Å². The van der Waals surface area contributed by atoms with Gasteiger partial charge in [0.1, 0.15) is 11.6 Å². The molecule has 0 saturated heterocycles. The van der Waals surface area contributed by atoms with Gasteiger partial charge in [0.2, 0.25) is 5.88 Å². The van der Waals surface area contributed by atoms with E-state index in [4.69, 9.17) is 9.84 Å². The molecule has 2 N–H and O–H groups in total. The number of carboxylic acid groups (broad SMARTS) is 1. The van der Waals surface area contributed by atoms with Crippen LogP contribution in [0.3, 0.4) is 0 Å². The van der Waals surface area contributed by atoms with E-state index in [0.717, 1.165) is 12.8 Å². The molecular weight excluding hydrogens is 272 g/mol. The van der Waals surface area contributed by atoms with Gasteiger partial charge in [0.05, 0.1) is 5.56 Å². The average molecular weight is 290 g/mol. The molecule has 112 valence electrons. The van der Waals surface area contributed by atoms with E-state index in [9.17, 15) is 9.59 Å². The number of amides is 1. The molecule has 0 radical (unpaired) electrons. The number of carboxylic acids is 1. The molecule has 1 amide bonds. The minimum atomic E-state index is -1.07. The van der Waals surface area contributed by atoms with Crippen molar-refractivity contribution in [3.8, 4) is 5.88 Å². The molecule has 3 rings (SSSR count). The molecule has 6 heteroatoms. The van der Waals surface area contributed by atoms with Crippen molar-refractivity contribution in [1.82, 2.24) is 10.3 Å². The van der Waals surface area contributed by atoms with Gasteiger partial charge in [-0.25, -0.2) is 9.78 Å². The Balaban J connectivity index is 1.61. The second-order valence-electron chi connectivity index (χ2n) is 5.75. The van der Waals surface area contributed by atoms with Crippen LogP contribution in [0.4, 0.5) is 0 Å². The predicted octanol–water partition coefficient (Wildman–Crippen LogP) is 1.75. The highest BCUT2D eigenvalue weighted by atomic mass is 16.5. The van der Waals surface area contributed by atoms with Crippen molar-refractivity contribution in [2.45, 2.75) is 50.2 Å². The van der Waals surface area contributed by atoms with Crippen molar-refractivity contribution >= 4 is 11.9 Å². The highest BCUT2D eigenvalue weighted by Gasteiger charge is 2.51. The standard InChI is InChI=1S/C15H18N2O4/c18-13(17-15(7-8-15)14(19)20)10-5-6-12(16-9-10)21-11-3-1-2-4-11/h5-6,9,11H,1-4,7-8H2,(H,17,18)(H,19,20). The third-order valence-electron chi connectivity index (χ3n) is 4.10. The largest absolute Gasteiger partial charge is 0.480 e. The van der Waals surface area contributed by atoms with Gasteiger partial charge in [-0.05, 0) is 44.6 Å². The number of nitrogens with one attached hydrogen (secondary N) is 1. The average Bonchev–Trinajstić information content (AvgIpc) is 3.07. The van der Waals surface area contributed by atoms with Gasteiger partial charge < -0.3 is 15.2 Å². The minimum Gasteiger partial charge on any atom is -0.480 e. The first-order valence-electron chi connectivity index (χ1n) is 7.28.